The molecule has 1 aromatic carbocycles. The smallest absolute Gasteiger partial charge is 0.211 e. The van der Waals surface area contributed by atoms with Gasteiger partial charge in [-0.2, -0.15) is 0 Å². The Morgan fingerprint density at radius 1 is 1.17 bits per heavy atom. The summed E-state index contributed by atoms with van der Waals surface area (Å²) in [7, 11) is 0. The van der Waals surface area contributed by atoms with Crippen LogP contribution in [0.5, 0.6) is 0 Å². The molecule has 0 saturated carbocycles. The van der Waals surface area contributed by atoms with E-state index in [1.807, 2.05) is 25.4 Å². The molecule has 3 heterocycles. The number of aryl methyl sites for hydroxylation is 1. The van der Waals surface area contributed by atoms with E-state index >= 15 is 0 Å². The zero-order valence-electron chi connectivity index (χ0n) is 13.7. The topological polar surface area (TPSA) is 53.7 Å². The molecule has 5 nitrogen and oxygen atoms in total. The fraction of sp³-hybridized carbons (Fsp3) is 0.444. The van der Waals surface area contributed by atoms with Crippen molar-refractivity contribution in [2.75, 3.05) is 18.0 Å². The summed E-state index contributed by atoms with van der Waals surface area (Å²) in [6.07, 6.45) is 6.95. The molecule has 0 spiro atoms. The lowest BCUT2D eigenvalue weighted by Crippen LogP contribution is -2.31. The molecule has 4 rings (SSSR count). The van der Waals surface area contributed by atoms with Crippen LogP contribution in [0.1, 0.15) is 43.4 Å². The number of aromatic nitrogens is 3. The third kappa shape index (κ3) is 2.36. The molecule has 0 bridgehead atoms. The lowest BCUT2D eigenvalue weighted by Gasteiger charge is -2.28. The molecule has 2 aromatic heterocycles. The van der Waals surface area contributed by atoms with Gasteiger partial charge >= 0.3 is 0 Å². The summed E-state index contributed by atoms with van der Waals surface area (Å²) in [4.78, 5) is 11.8. The van der Waals surface area contributed by atoms with Crippen molar-refractivity contribution < 1.29 is 5.11 Å². The Labute approximate surface area is 135 Å². The van der Waals surface area contributed by atoms with Crippen LogP contribution < -0.4 is 4.90 Å². The molecule has 1 aliphatic heterocycles. The molecule has 1 unspecified atom stereocenters. The van der Waals surface area contributed by atoms with Gasteiger partial charge in [0.2, 0.25) is 5.95 Å². The van der Waals surface area contributed by atoms with Gasteiger partial charge in [-0.3, -0.25) is 4.40 Å². The average molecular weight is 310 g/mol. The van der Waals surface area contributed by atoms with E-state index in [1.165, 1.54) is 19.3 Å². The average Bonchev–Trinajstić information content (AvgIpc) is 3.04. The van der Waals surface area contributed by atoms with Crippen LogP contribution in [-0.2, 0) is 0 Å². The molecule has 5 heteroatoms. The van der Waals surface area contributed by atoms with Gasteiger partial charge in [0.05, 0.1) is 11.6 Å². The van der Waals surface area contributed by atoms with E-state index in [0.717, 1.165) is 46.7 Å². The molecule has 0 radical (unpaired) electrons. The number of aliphatic hydroxyl groups is 1. The molecule has 120 valence electrons. The molecule has 3 aromatic rings. The fourth-order valence-electron chi connectivity index (χ4n) is 3.56. The molecule has 1 saturated heterocycles. The summed E-state index contributed by atoms with van der Waals surface area (Å²) in [5, 5.41) is 11.2. The van der Waals surface area contributed by atoms with Gasteiger partial charge < -0.3 is 10.0 Å². The Balaban J connectivity index is 2.04. The van der Waals surface area contributed by atoms with Crippen molar-refractivity contribution >= 4 is 22.5 Å². The zero-order valence-corrected chi connectivity index (χ0v) is 13.7. The van der Waals surface area contributed by atoms with Crippen molar-refractivity contribution in [2.24, 2.45) is 0 Å². The quantitative estimate of drug-likeness (QED) is 0.789. The number of nitrogens with zero attached hydrogens (tertiary/aromatic N) is 4. The van der Waals surface area contributed by atoms with E-state index in [0.29, 0.717) is 0 Å². The van der Waals surface area contributed by atoms with E-state index < -0.39 is 6.10 Å². The third-order valence-electron chi connectivity index (χ3n) is 4.68. The summed E-state index contributed by atoms with van der Waals surface area (Å²) >= 11 is 0. The highest BCUT2D eigenvalue weighted by Gasteiger charge is 2.20. The van der Waals surface area contributed by atoms with Crippen molar-refractivity contribution in [3.8, 4) is 0 Å². The normalized spacial score (nSPS) is 17.1. The van der Waals surface area contributed by atoms with Gasteiger partial charge in [0.25, 0.3) is 0 Å². The first-order chi connectivity index (χ1) is 11.1. The van der Waals surface area contributed by atoms with Gasteiger partial charge in [-0.25, -0.2) is 9.97 Å². The van der Waals surface area contributed by atoms with E-state index in [4.69, 9.17) is 4.98 Å². The number of hydrogen-bond acceptors (Lipinski definition) is 4. The van der Waals surface area contributed by atoms with E-state index in [-0.39, 0.29) is 0 Å². The van der Waals surface area contributed by atoms with Crippen LogP contribution in [-0.4, -0.2) is 32.6 Å². The van der Waals surface area contributed by atoms with Crippen LogP contribution in [0.15, 0.2) is 24.5 Å². The van der Waals surface area contributed by atoms with Crippen molar-refractivity contribution in [3.63, 3.8) is 0 Å². The maximum absolute atomic E-state index is 10.2. The molecule has 0 aliphatic carbocycles. The number of anilines is 1. The number of hydrogen-bond donors (Lipinski definition) is 1. The first kappa shape index (κ1) is 14.5. The minimum Gasteiger partial charge on any atom is -0.389 e. The number of fused-ring (bicyclic) bond motifs is 3. The summed E-state index contributed by atoms with van der Waals surface area (Å²) in [6.45, 7) is 5.90. The van der Waals surface area contributed by atoms with E-state index in [1.54, 1.807) is 6.92 Å². The Bertz CT molecular complexity index is 862. The van der Waals surface area contributed by atoms with Gasteiger partial charge in [0.15, 0.2) is 0 Å². The van der Waals surface area contributed by atoms with Gasteiger partial charge in [0.1, 0.15) is 5.65 Å². The van der Waals surface area contributed by atoms with Gasteiger partial charge in [0, 0.05) is 36.4 Å². The monoisotopic (exact) mass is 310 g/mol. The molecule has 1 N–H and O–H groups in total. The number of piperidine rings is 1. The Hall–Kier alpha value is -2.14. The number of benzene rings is 1. The van der Waals surface area contributed by atoms with Crippen LogP contribution in [0, 0.1) is 6.92 Å². The van der Waals surface area contributed by atoms with Gasteiger partial charge in [-0.1, -0.05) is 6.07 Å². The first-order valence-electron chi connectivity index (χ1n) is 8.35. The summed E-state index contributed by atoms with van der Waals surface area (Å²) in [5.74, 6) is 0.940. The minimum atomic E-state index is -0.545. The number of rotatable bonds is 2. The molecule has 1 fully saturated rings. The molecule has 23 heavy (non-hydrogen) atoms. The molecule has 1 atom stereocenters. The first-order valence-corrected chi connectivity index (χ1v) is 8.35. The second kappa shape index (κ2) is 5.49. The van der Waals surface area contributed by atoms with Crippen LogP contribution in [0.3, 0.4) is 0 Å². The second-order valence-electron chi connectivity index (χ2n) is 6.51. The predicted molar refractivity (Wildman–Crippen MR) is 91.9 cm³/mol. The van der Waals surface area contributed by atoms with Gasteiger partial charge in [-0.05, 0) is 44.7 Å². The number of imidazole rings is 1. The molecular formula is C18H22N4O. The van der Waals surface area contributed by atoms with E-state index in [9.17, 15) is 5.11 Å². The summed E-state index contributed by atoms with van der Waals surface area (Å²) < 4.78 is 2.08. The van der Waals surface area contributed by atoms with Crippen molar-refractivity contribution in [2.45, 2.75) is 39.2 Å². The maximum Gasteiger partial charge on any atom is 0.211 e. The highest BCUT2D eigenvalue weighted by molar-refractivity contribution is 5.95. The Morgan fingerprint density at radius 2 is 1.96 bits per heavy atom. The molecule has 0 amide bonds. The fourth-order valence-corrected chi connectivity index (χ4v) is 3.56. The molecular weight excluding hydrogens is 288 g/mol. The maximum atomic E-state index is 10.2. The summed E-state index contributed by atoms with van der Waals surface area (Å²) in [6, 6.07) is 4.13. The zero-order chi connectivity index (χ0) is 16.0. The third-order valence-corrected chi connectivity index (χ3v) is 4.68. The van der Waals surface area contributed by atoms with Crippen molar-refractivity contribution in [3.05, 3.63) is 35.7 Å². The van der Waals surface area contributed by atoms with E-state index in [2.05, 4.69) is 20.4 Å². The lowest BCUT2D eigenvalue weighted by molar-refractivity contribution is 0.200. The second-order valence-corrected chi connectivity index (χ2v) is 6.51. The highest BCUT2D eigenvalue weighted by atomic mass is 16.3. The Kier molecular flexibility index (Phi) is 3.45. The van der Waals surface area contributed by atoms with Crippen molar-refractivity contribution in [1.82, 2.24) is 14.4 Å². The summed E-state index contributed by atoms with van der Waals surface area (Å²) in [5.41, 5.74) is 3.78. The van der Waals surface area contributed by atoms with Crippen molar-refractivity contribution in [1.29, 1.82) is 0 Å². The number of aliphatic hydroxyl groups excluding tert-OH is 1. The SMILES string of the molecule is Cc1cc(C(C)O)c2nc(N3CCCCC3)n3ccnc3c2c1. The van der Waals surface area contributed by atoms with Crippen LogP contribution in [0.25, 0.3) is 16.6 Å². The van der Waals surface area contributed by atoms with Crippen LogP contribution in [0.4, 0.5) is 5.95 Å². The highest BCUT2D eigenvalue weighted by Crippen LogP contribution is 2.30. The molecule has 1 aliphatic rings. The predicted octanol–water partition coefficient (Wildman–Crippen LogP) is 3.23. The standard InChI is InChI=1S/C18H22N4O/c1-12-10-14(13(2)23)16-15(11-12)17-19-6-9-22(17)18(20-16)21-7-4-3-5-8-21/h6,9-11,13,23H,3-5,7-8H2,1-2H3. The van der Waals surface area contributed by atoms with Crippen LogP contribution in [0.2, 0.25) is 0 Å². The lowest BCUT2D eigenvalue weighted by atomic mass is 10.0. The Morgan fingerprint density at radius 3 is 2.70 bits per heavy atom. The largest absolute Gasteiger partial charge is 0.389 e. The minimum absolute atomic E-state index is 0.545. The van der Waals surface area contributed by atoms with Gasteiger partial charge in [-0.15, -0.1) is 0 Å². The van der Waals surface area contributed by atoms with Crippen LogP contribution >= 0.6 is 0 Å².